The molecule has 0 aliphatic rings. The second-order valence-electron chi connectivity index (χ2n) is 6.26. The van der Waals surface area contributed by atoms with Crippen molar-refractivity contribution < 1.29 is 9.53 Å². The van der Waals surface area contributed by atoms with E-state index in [-0.39, 0.29) is 5.91 Å². The fraction of sp³-hybridized carbons (Fsp3) is 0.0455. The Bertz CT molecular complexity index is 1140. The van der Waals surface area contributed by atoms with E-state index in [1.165, 1.54) is 0 Å². The summed E-state index contributed by atoms with van der Waals surface area (Å²) in [4.78, 5) is 21.1. The van der Waals surface area contributed by atoms with Crippen molar-refractivity contribution in [2.45, 2.75) is 6.92 Å². The molecule has 1 amide bonds. The van der Waals surface area contributed by atoms with Gasteiger partial charge in [-0.2, -0.15) is 4.98 Å². The molecule has 2 heterocycles. The molecule has 0 saturated carbocycles. The minimum atomic E-state index is -0.271. The Morgan fingerprint density at radius 2 is 1.72 bits per heavy atom. The number of hydrogen-bond acceptors (Lipinski definition) is 4. The summed E-state index contributed by atoms with van der Waals surface area (Å²) in [5, 5.41) is 3.22. The van der Waals surface area contributed by atoms with Crippen molar-refractivity contribution in [2.24, 2.45) is 0 Å². The Kier molecular flexibility index (Phi) is 5.27. The van der Waals surface area contributed by atoms with Crippen molar-refractivity contribution in [3.05, 3.63) is 95.5 Å². The average Bonchev–Trinajstić information content (AvgIpc) is 3.24. The molecule has 0 bridgehead atoms. The van der Waals surface area contributed by atoms with E-state index in [2.05, 4.69) is 15.3 Å². The maximum atomic E-state index is 12.4. The first-order chi connectivity index (χ1) is 14.1. The molecule has 29 heavy (non-hydrogen) atoms. The molecule has 0 unspecified atom stereocenters. The SMILES string of the molecule is Cc1nc(Oc2ccc(NC(=O)c3ccccc3Cl)cc2)cc(-n2cccc2)n1. The van der Waals surface area contributed by atoms with E-state index in [4.69, 9.17) is 16.3 Å². The summed E-state index contributed by atoms with van der Waals surface area (Å²) < 4.78 is 7.75. The van der Waals surface area contributed by atoms with Crippen LogP contribution in [0, 0.1) is 6.92 Å². The van der Waals surface area contributed by atoms with Crippen LogP contribution >= 0.6 is 11.6 Å². The van der Waals surface area contributed by atoms with E-state index < -0.39 is 0 Å². The molecule has 0 spiro atoms. The zero-order valence-corrected chi connectivity index (χ0v) is 16.3. The molecule has 4 aromatic rings. The lowest BCUT2D eigenvalue weighted by atomic mass is 10.2. The molecular formula is C22H17ClN4O2. The number of amides is 1. The third-order valence-corrected chi connectivity index (χ3v) is 4.45. The largest absolute Gasteiger partial charge is 0.439 e. The van der Waals surface area contributed by atoms with Crippen molar-refractivity contribution in [1.82, 2.24) is 14.5 Å². The topological polar surface area (TPSA) is 69.0 Å². The summed E-state index contributed by atoms with van der Waals surface area (Å²) in [6.07, 6.45) is 3.81. The number of carbonyl (C=O) groups is 1. The van der Waals surface area contributed by atoms with Crippen molar-refractivity contribution in [3.8, 4) is 17.4 Å². The third kappa shape index (κ3) is 4.44. The summed E-state index contributed by atoms with van der Waals surface area (Å²) in [5.41, 5.74) is 1.05. The number of hydrogen-bond donors (Lipinski definition) is 1. The minimum absolute atomic E-state index is 0.271. The predicted octanol–water partition coefficient (Wildman–Crippen LogP) is 5.27. The second-order valence-corrected chi connectivity index (χ2v) is 6.67. The molecule has 0 saturated heterocycles. The van der Waals surface area contributed by atoms with Crippen LogP contribution in [0.5, 0.6) is 11.6 Å². The molecule has 6 nitrogen and oxygen atoms in total. The van der Waals surface area contributed by atoms with Gasteiger partial charge in [0.05, 0.1) is 10.6 Å². The van der Waals surface area contributed by atoms with Gasteiger partial charge in [-0.05, 0) is 55.5 Å². The molecule has 0 aliphatic heterocycles. The Balaban J connectivity index is 1.48. The van der Waals surface area contributed by atoms with Crippen LogP contribution in [-0.2, 0) is 0 Å². The highest BCUT2D eigenvalue weighted by molar-refractivity contribution is 6.34. The highest BCUT2D eigenvalue weighted by Gasteiger charge is 2.10. The van der Waals surface area contributed by atoms with Crippen LogP contribution in [0.3, 0.4) is 0 Å². The highest BCUT2D eigenvalue weighted by atomic mass is 35.5. The molecule has 2 aromatic carbocycles. The predicted molar refractivity (Wildman–Crippen MR) is 112 cm³/mol. The van der Waals surface area contributed by atoms with Gasteiger partial charge < -0.3 is 14.6 Å². The van der Waals surface area contributed by atoms with Crippen LogP contribution < -0.4 is 10.1 Å². The molecule has 0 aliphatic carbocycles. The Hall–Kier alpha value is -3.64. The Morgan fingerprint density at radius 1 is 1.00 bits per heavy atom. The molecule has 0 radical (unpaired) electrons. The Labute approximate surface area is 172 Å². The Morgan fingerprint density at radius 3 is 2.45 bits per heavy atom. The molecular weight excluding hydrogens is 388 g/mol. The lowest BCUT2D eigenvalue weighted by Crippen LogP contribution is -2.12. The van der Waals surface area contributed by atoms with E-state index in [9.17, 15) is 4.79 Å². The number of benzene rings is 2. The fourth-order valence-electron chi connectivity index (χ4n) is 2.77. The normalized spacial score (nSPS) is 10.6. The fourth-order valence-corrected chi connectivity index (χ4v) is 2.99. The van der Waals surface area contributed by atoms with Gasteiger partial charge in [0.25, 0.3) is 5.91 Å². The van der Waals surface area contributed by atoms with Crippen LogP contribution in [0.4, 0.5) is 5.69 Å². The van der Waals surface area contributed by atoms with Crippen molar-refractivity contribution in [2.75, 3.05) is 5.32 Å². The first-order valence-corrected chi connectivity index (χ1v) is 9.29. The van der Waals surface area contributed by atoms with Crippen molar-refractivity contribution in [3.63, 3.8) is 0 Å². The van der Waals surface area contributed by atoms with E-state index >= 15 is 0 Å². The van der Waals surface area contributed by atoms with E-state index in [1.807, 2.05) is 36.0 Å². The number of nitrogens with zero attached hydrogens (tertiary/aromatic N) is 3. The maximum Gasteiger partial charge on any atom is 0.257 e. The molecule has 1 N–H and O–H groups in total. The van der Waals surface area contributed by atoms with Crippen molar-refractivity contribution >= 4 is 23.2 Å². The molecule has 4 rings (SSSR count). The number of aryl methyl sites for hydroxylation is 1. The lowest BCUT2D eigenvalue weighted by molar-refractivity contribution is 0.102. The molecule has 0 atom stereocenters. The van der Waals surface area contributed by atoms with Gasteiger partial charge in [0.15, 0.2) is 0 Å². The first-order valence-electron chi connectivity index (χ1n) is 8.91. The number of rotatable bonds is 5. The zero-order valence-electron chi connectivity index (χ0n) is 15.5. The average molecular weight is 405 g/mol. The molecule has 144 valence electrons. The number of anilines is 1. The van der Waals surface area contributed by atoms with Gasteiger partial charge in [0.1, 0.15) is 17.4 Å². The van der Waals surface area contributed by atoms with Crippen LogP contribution in [-0.4, -0.2) is 20.4 Å². The summed E-state index contributed by atoms with van der Waals surface area (Å²) >= 11 is 6.07. The number of nitrogens with one attached hydrogen (secondary N) is 1. The van der Waals surface area contributed by atoms with Gasteiger partial charge in [-0.1, -0.05) is 23.7 Å². The van der Waals surface area contributed by atoms with Gasteiger partial charge in [-0.25, -0.2) is 4.98 Å². The van der Waals surface area contributed by atoms with Crippen molar-refractivity contribution in [1.29, 1.82) is 0 Å². The smallest absolute Gasteiger partial charge is 0.257 e. The monoisotopic (exact) mass is 404 g/mol. The third-order valence-electron chi connectivity index (χ3n) is 4.12. The first kappa shape index (κ1) is 18.7. The van der Waals surface area contributed by atoms with Crippen LogP contribution in [0.15, 0.2) is 79.1 Å². The minimum Gasteiger partial charge on any atom is -0.439 e. The quantitative estimate of drug-likeness (QED) is 0.491. The summed E-state index contributed by atoms with van der Waals surface area (Å²) in [7, 11) is 0. The number of aromatic nitrogens is 3. The molecule has 7 heteroatoms. The van der Waals surface area contributed by atoms with Gasteiger partial charge in [-0.3, -0.25) is 4.79 Å². The van der Waals surface area contributed by atoms with Gasteiger partial charge in [0, 0.05) is 24.1 Å². The standard InChI is InChI=1S/C22H17ClN4O2/c1-15-24-20(27-12-4-5-13-27)14-21(25-15)29-17-10-8-16(9-11-17)26-22(28)18-6-2-3-7-19(18)23/h2-14H,1H3,(H,26,28). The summed E-state index contributed by atoms with van der Waals surface area (Å²) in [5.74, 6) is 2.09. The van der Waals surface area contributed by atoms with Crippen LogP contribution in [0.2, 0.25) is 5.02 Å². The van der Waals surface area contributed by atoms with Crippen LogP contribution in [0.25, 0.3) is 5.82 Å². The molecule has 2 aromatic heterocycles. The summed E-state index contributed by atoms with van der Waals surface area (Å²) in [6, 6.07) is 19.5. The second kappa shape index (κ2) is 8.16. The van der Waals surface area contributed by atoms with E-state index in [0.29, 0.717) is 33.7 Å². The number of halogens is 1. The van der Waals surface area contributed by atoms with Gasteiger partial charge in [-0.15, -0.1) is 0 Å². The number of carbonyl (C=O) groups excluding carboxylic acids is 1. The van der Waals surface area contributed by atoms with E-state index in [1.54, 1.807) is 54.6 Å². The van der Waals surface area contributed by atoms with Gasteiger partial charge in [0.2, 0.25) is 5.88 Å². The highest BCUT2D eigenvalue weighted by Crippen LogP contribution is 2.24. The van der Waals surface area contributed by atoms with E-state index in [0.717, 1.165) is 5.82 Å². The maximum absolute atomic E-state index is 12.4. The summed E-state index contributed by atoms with van der Waals surface area (Å²) in [6.45, 7) is 1.81. The molecule has 0 fully saturated rings. The van der Waals surface area contributed by atoms with Crippen LogP contribution in [0.1, 0.15) is 16.2 Å². The zero-order chi connectivity index (χ0) is 20.2. The lowest BCUT2D eigenvalue weighted by Gasteiger charge is -2.10. The van der Waals surface area contributed by atoms with Gasteiger partial charge >= 0.3 is 0 Å². The number of ether oxygens (including phenoxy) is 1.